The Morgan fingerprint density at radius 3 is 1.62 bits per heavy atom. The molecule has 0 heterocycles. The average molecular weight is 377 g/mol. The van der Waals surface area contributed by atoms with Gasteiger partial charge in [-0.1, -0.05) is 68.5 Å². The van der Waals surface area contributed by atoms with Crippen LogP contribution in [-0.2, 0) is 10.5 Å². The minimum Gasteiger partial charge on any atom is -0.299 e. The number of hydrogen-bond acceptors (Lipinski definition) is 3. The molecule has 0 aromatic heterocycles. The number of carbonyl (C=O) groups is 1. The normalized spacial score (nSPS) is 10.7. The molecule has 1 aromatic rings. The van der Waals surface area contributed by atoms with Gasteiger partial charge in [-0.15, -0.1) is 11.8 Å². The Kier molecular flexibility index (Phi) is 15.1. The van der Waals surface area contributed by atoms with Crippen LogP contribution in [0.1, 0.15) is 68.9 Å². The first-order valence-corrected chi connectivity index (χ1v) is 9.38. The fraction of sp³-hybridized carbons (Fsp3) is 0.650. The van der Waals surface area contributed by atoms with Crippen molar-refractivity contribution in [1.82, 2.24) is 0 Å². The second kappa shape index (κ2) is 12.8. The first kappa shape index (κ1) is 28.3. The molecule has 0 unspecified atom stereocenters. The molecule has 0 amide bonds. The minimum atomic E-state index is -0.162. The first-order valence-electron chi connectivity index (χ1n) is 7.41. The molecule has 0 aliphatic rings. The zero-order chi connectivity index (χ0) is 17.4. The minimum absolute atomic E-state index is 0. The van der Waals surface area contributed by atoms with Crippen molar-refractivity contribution in [3.8, 4) is 0 Å². The van der Waals surface area contributed by atoms with Crippen molar-refractivity contribution in [1.29, 1.82) is 0 Å². The van der Waals surface area contributed by atoms with E-state index in [1.54, 1.807) is 18.7 Å². The summed E-state index contributed by atoms with van der Waals surface area (Å²) in [6, 6.07) is 6.71. The summed E-state index contributed by atoms with van der Waals surface area (Å²) >= 11 is 3.56. The molecule has 0 aliphatic carbocycles. The summed E-state index contributed by atoms with van der Waals surface area (Å²) in [5, 5.41) is 0. The predicted molar refractivity (Wildman–Crippen MR) is 114 cm³/mol. The van der Waals surface area contributed by atoms with Gasteiger partial charge in [0.15, 0.2) is 0 Å². The molecule has 0 saturated heterocycles. The van der Waals surface area contributed by atoms with E-state index in [0.717, 1.165) is 5.75 Å². The predicted octanol–water partition coefficient (Wildman–Crippen LogP) is 7.24. The van der Waals surface area contributed by atoms with Crippen LogP contribution in [0.4, 0.5) is 4.39 Å². The van der Waals surface area contributed by atoms with Gasteiger partial charge in [-0.2, -0.15) is 11.8 Å². The van der Waals surface area contributed by atoms with E-state index < -0.39 is 0 Å². The first-order chi connectivity index (χ1) is 9.89. The summed E-state index contributed by atoms with van der Waals surface area (Å²) in [7, 11) is 0. The zero-order valence-corrected chi connectivity index (χ0v) is 16.5. The number of ketones is 1. The summed E-state index contributed by atoms with van der Waals surface area (Å²) in [4.78, 5) is 10.5. The van der Waals surface area contributed by atoms with Crippen molar-refractivity contribution < 1.29 is 9.18 Å². The highest BCUT2D eigenvalue weighted by atomic mass is 32.2. The van der Waals surface area contributed by atoms with E-state index in [-0.39, 0.29) is 35.9 Å². The van der Waals surface area contributed by atoms with E-state index in [9.17, 15) is 9.18 Å². The molecule has 0 aliphatic heterocycles. The van der Waals surface area contributed by atoms with Crippen LogP contribution < -0.4 is 0 Å². The fourth-order valence-electron chi connectivity index (χ4n) is 1.20. The number of carbonyl (C=O) groups excluding carboxylic acids is 1. The highest BCUT2D eigenvalue weighted by Crippen LogP contribution is 2.27. The Morgan fingerprint density at radius 1 is 0.917 bits per heavy atom. The summed E-state index contributed by atoms with van der Waals surface area (Å²) in [5.41, 5.74) is 1.18. The Bertz CT molecular complexity index is 442. The number of Topliss-reactive ketones (excluding diaryl/α,β-unsaturated/α-hetero) is 1. The molecule has 0 saturated carbocycles. The lowest BCUT2D eigenvalue weighted by atomic mass is 10.2. The Hall–Kier alpha value is -0.480. The average Bonchev–Trinajstić information content (AvgIpc) is 2.35. The van der Waals surface area contributed by atoms with Crippen LogP contribution in [0.3, 0.4) is 0 Å². The van der Waals surface area contributed by atoms with Gasteiger partial charge >= 0.3 is 0 Å². The maximum Gasteiger partial charge on any atom is 0.139 e. The van der Waals surface area contributed by atoms with Crippen molar-refractivity contribution in [3.63, 3.8) is 0 Å². The van der Waals surface area contributed by atoms with Crippen LogP contribution in [-0.4, -0.2) is 21.0 Å². The Morgan fingerprint density at radius 2 is 1.33 bits per heavy atom. The highest BCUT2D eigenvalue weighted by Gasteiger charge is 2.11. The molecule has 0 radical (unpaired) electrons. The molecule has 24 heavy (non-hydrogen) atoms. The smallest absolute Gasteiger partial charge is 0.139 e. The van der Waals surface area contributed by atoms with Gasteiger partial charge in [0, 0.05) is 15.2 Å². The van der Waals surface area contributed by atoms with Crippen LogP contribution in [0.25, 0.3) is 0 Å². The van der Waals surface area contributed by atoms with Gasteiger partial charge in [0.05, 0.1) is 5.75 Å². The van der Waals surface area contributed by atoms with E-state index in [1.165, 1.54) is 17.7 Å². The SMILES string of the molecule is C.C.CC(=O)CSC(C)(C)C.CC(C)(C)SCc1ccc(F)cc1. The van der Waals surface area contributed by atoms with E-state index in [4.69, 9.17) is 0 Å². The summed E-state index contributed by atoms with van der Waals surface area (Å²) < 4.78 is 13.1. The lowest BCUT2D eigenvalue weighted by molar-refractivity contribution is -0.114. The maximum absolute atomic E-state index is 12.6. The van der Waals surface area contributed by atoms with Gasteiger partial charge in [0.1, 0.15) is 11.6 Å². The van der Waals surface area contributed by atoms with Crippen LogP contribution >= 0.6 is 23.5 Å². The monoisotopic (exact) mass is 376 g/mol. The van der Waals surface area contributed by atoms with Crippen LogP contribution in [0.2, 0.25) is 0 Å². The number of rotatable bonds is 4. The molecule has 0 spiro atoms. The van der Waals surface area contributed by atoms with E-state index in [1.807, 2.05) is 23.9 Å². The molecule has 1 nitrogen and oxygen atoms in total. The topological polar surface area (TPSA) is 17.1 Å². The second-order valence-electron chi connectivity index (χ2n) is 7.13. The standard InChI is InChI=1S/C11H15FS.C7H14OS.2CH4/c1-11(2,3)13-8-9-4-6-10(12)7-5-9;1-6(8)5-9-7(2,3)4;;/h4-7H,8H2,1-3H3;5H2,1-4H3;2*1H4. The lowest BCUT2D eigenvalue weighted by Gasteiger charge is -2.17. The summed E-state index contributed by atoms with van der Waals surface area (Å²) in [5.74, 6) is 1.69. The number of hydrogen-bond donors (Lipinski definition) is 0. The van der Waals surface area contributed by atoms with Crippen LogP contribution in [0, 0.1) is 5.82 Å². The van der Waals surface area contributed by atoms with Crippen molar-refractivity contribution >= 4 is 29.3 Å². The second-order valence-corrected chi connectivity index (χ2v) is 10.7. The third kappa shape index (κ3) is 19.6. The highest BCUT2D eigenvalue weighted by molar-refractivity contribution is 8.01. The summed E-state index contributed by atoms with van der Waals surface area (Å²) in [6.07, 6.45) is 0. The molecule has 0 N–H and O–H groups in total. The molecular weight excluding hydrogens is 339 g/mol. The van der Waals surface area contributed by atoms with E-state index in [0.29, 0.717) is 5.75 Å². The van der Waals surface area contributed by atoms with Crippen molar-refractivity contribution in [2.24, 2.45) is 0 Å². The van der Waals surface area contributed by atoms with Gasteiger partial charge in [-0.05, 0) is 24.6 Å². The maximum atomic E-state index is 12.6. The Balaban J connectivity index is -0.000000360. The number of halogens is 1. The van der Waals surface area contributed by atoms with Crippen molar-refractivity contribution in [3.05, 3.63) is 35.6 Å². The van der Waals surface area contributed by atoms with Gasteiger partial charge in [-0.3, -0.25) is 4.79 Å². The van der Waals surface area contributed by atoms with Crippen LogP contribution in [0.5, 0.6) is 0 Å². The van der Waals surface area contributed by atoms with Gasteiger partial charge in [0.2, 0.25) is 0 Å². The fourth-order valence-corrected chi connectivity index (χ4v) is 2.63. The summed E-state index contributed by atoms with van der Waals surface area (Å²) in [6.45, 7) is 14.5. The van der Waals surface area contributed by atoms with Gasteiger partial charge in [-0.25, -0.2) is 4.39 Å². The molecule has 142 valence electrons. The van der Waals surface area contributed by atoms with Crippen LogP contribution in [0.15, 0.2) is 24.3 Å². The molecule has 1 aromatic carbocycles. The quantitative estimate of drug-likeness (QED) is 0.551. The van der Waals surface area contributed by atoms with Gasteiger partial charge < -0.3 is 0 Å². The van der Waals surface area contributed by atoms with Crippen molar-refractivity contribution in [2.75, 3.05) is 5.75 Å². The largest absolute Gasteiger partial charge is 0.299 e. The lowest BCUT2D eigenvalue weighted by Crippen LogP contribution is -2.10. The number of thioether (sulfide) groups is 2. The van der Waals surface area contributed by atoms with Crippen molar-refractivity contribution in [2.45, 2.75) is 78.6 Å². The van der Waals surface area contributed by atoms with E-state index >= 15 is 0 Å². The van der Waals surface area contributed by atoms with Gasteiger partial charge in [0.25, 0.3) is 0 Å². The third-order valence-electron chi connectivity index (χ3n) is 2.29. The Labute approximate surface area is 158 Å². The molecule has 4 heteroatoms. The zero-order valence-electron chi connectivity index (χ0n) is 14.8. The molecule has 0 bridgehead atoms. The van der Waals surface area contributed by atoms with E-state index in [2.05, 4.69) is 41.5 Å². The number of benzene rings is 1. The molecule has 0 fully saturated rings. The molecular formula is C20H37FOS2. The molecule has 1 rings (SSSR count). The molecule has 0 atom stereocenters. The third-order valence-corrected chi connectivity index (χ3v) is 5.05.